The Hall–Kier alpha value is -3.75. The van der Waals surface area contributed by atoms with Gasteiger partial charge in [-0.3, -0.25) is 4.79 Å². The molecule has 3 N–H and O–H groups in total. The normalized spacial score (nSPS) is 11.2. The number of thioether (sulfide) groups is 1. The van der Waals surface area contributed by atoms with Gasteiger partial charge in [0.2, 0.25) is 0 Å². The first-order valence-corrected chi connectivity index (χ1v) is 12.4. The number of nitrogens with zero attached hydrogens (tertiary/aromatic N) is 1. The van der Waals surface area contributed by atoms with Gasteiger partial charge in [0.15, 0.2) is 0 Å². The van der Waals surface area contributed by atoms with Crippen LogP contribution in [0, 0.1) is 0 Å². The van der Waals surface area contributed by atoms with Crippen molar-refractivity contribution in [1.82, 2.24) is 4.98 Å². The number of aromatic nitrogens is 1. The van der Waals surface area contributed by atoms with E-state index < -0.39 is 5.76 Å². The molecule has 0 saturated carbocycles. The summed E-state index contributed by atoms with van der Waals surface area (Å²) in [6.07, 6.45) is 0. The van der Waals surface area contributed by atoms with Crippen molar-refractivity contribution in [3.63, 3.8) is 0 Å². The van der Waals surface area contributed by atoms with Gasteiger partial charge < -0.3 is 11.1 Å². The molecule has 2 aromatic heterocycles. The Morgan fingerprint density at radius 2 is 1.54 bits per heavy atom. The Morgan fingerprint density at radius 3 is 2.17 bits per heavy atom. The zero-order valence-corrected chi connectivity index (χ0v) is 19.9. The summed E-state index contributed by atoms with van der Waals surface area (Å²) in [6, 6.07) is 28.0. The van der Waals surface area contributed by atoms with E-state index in [1.165, 1.54) is 11.3 Å². The van der Waals surface area contributed by atoms with Gasteiger partial charge in [0, 0.05) is 21.5 Å². The number of anilines is 2. The zero-order valence-electron chi connectivity index (χ0n) is 18.2. The molecule has 0 fully saturated rings. The predicted octanol–water partition coefficient (Wildman–Crippen LogP) is 7.78. The quantitative estimate of drug-likeness (QED) is 0.232. The molecule has 3 aromatic carbocycles. The van der Waals surface area contributed by atoms with Gasteiger partial charge in [-0.25, -0.2) is 4.98 Å². The number of rotatable bonds is 6. The van der Waals surface area contributed by atoms with Crippen molar-refractivity contribution >= 4 is 50.6 Å². The summed E-state index contributed by atoms with van der Waals surface area (Å²) in [6.45, 7) is 0. The van der Waals surface area contributed by atoms with E-state index in [1.807, 2.05) is 66.7 Å². The lowest BCUT2D eigenvalue weighted by Gasteiger charge is -2.09. The van der Waals surface area contributed by atoms with E-state index in [0.717, 1.165) is 27.8 Å². The van der Waals surface area contributed by atoms with Gasteiger partial charge >= 0.3 is 0 Å². The van der Waals surface area contributed by atoms with Gasteiger partial charge in [-0.1, -0.05) is 72.4 Å². The number of nitrogen functional groups attached to an aromatic ring is 1. The van der Waals surface area contributed by atoms with Gasteiger partial charge in [-0.15, -0.1) is 11.3 Å². The van der Waals surface area contributed by atoms with E-state index in [4.69, 9.17) is 10.7 Å². The van der Waals surface area contributed by atoms with Crippen molar-refractivity contribution in [3.8, 4) is 22.4 Å². The topological polar surface area (TPSA) is 68.0 Å². The summed E-state index contributed by atoms with van der Waals surface area (Å²) in [7, 11) is 0. The van der Waals surface area contributed by atoms with Crippen LogP contribution in [0.3, 0.4) is 0 Å². The first kappa shape index (κ1) is 23.0. The highest BCUT2D eigenvalue weighted by Gasteiger charge is 2.22. The molecule has 174 valence electrons. The molecule has 2 heterocycles. The van der Waals surface area contributed by atoms with E-state index in [1.54, 1.807) is 24.3 Å². The number of amides is 1. The van der Waals surface area contributed by atoms with E-state index in [-0.39, 0.29) is 5.91 Å². The molecule has 5 rings (SSSR count). The first-order chi connectivity index (χ1) is 17.0. The highest BCUT2D eigenvalue weighted by Crippen LogP contribution is 2.41. The second-order valence-corrected chi connectivity index (χ2v) is 9.73. The third-order valence-electron chi connectivity index (χ3n) is 5.40. The summed E-state index contributed by atoms with van der Waals surface area (Å²) >= 11 is 1.68. The smallest absolute Gasteiger partial charge is 0.288 e. The minimum absolute atomic E-state index is 0.348. The second kappa shape index (κ2) is 9.85. The Morgan fingerprint density at radius 1 is 0.914 bits per heavy atom. The number of fused-ring (bicyclic) bond motifs is 1. The summed E-state index contributed by atoms with van der Waals surface area (Å²) in [4.78, 5) is 19.4. The summed E-state index contributed by atoms with van der Waals surface area (Å²) < 4.78 is 25.1. The minimum atomic E-state index is -2.50. The Balaban J connectivity index is 1.56. The van der Waals surface area contributed by atoms with E-state index in [9.17, 15) is 13.6 Å². The van der Waals surface area contributed by atoms with Crippen molar-refractivity contribution in [2.75, 3.05) is 11.1 Å². The van der Waals surface area contributed by atoms with Crippen LogP contribution in [-0.2, 0) is 0 Å². The number of nitrogens with two attached hydrogens (primary N) is 1. The first-order valence-electron chi connectivity index (χ1n) is 10.7. The fourth-order valence-electron chi connectivity index (χ4n) is 3.80. The third kappa shape index (κ3) is 4.89. The van der Waals surface area contributed by atoms with Crippen molar-refractivity contribution in [2.45, 2.75) is 10.7 Å². The average Bonchev–Trinajstić information content (AvgIpc) is 3.22. The molecule has 0 saturated heterocycles. The van der Waals surface area contributed by atoms with Crippen molar-refractivity contribution < 1.29 is 13.6 Å². The zero-order chi connectivity index (χ0) is 24.4. The fraction of sp³-hybridized carbons (Fsp3) is 0.0370. The molecule has 0 aliphatic carbocycles. The van der Waals surface area contributed by atoms with Crippen LogP contribution < -0.4 is 11.1 Å². The molecular formula is C27H19F2N3OS2. The number of nitrogens with one attached hydrogen (secondary N) is 1. The number of hydrogen-bond acceptors (Lipinski definition) is 5. The van der Waals surface area contributed by atoms with Gasteiger partial charge in [0.05, 0.1) is 11.4 Å². The standard InChI is InChI=1S/C27H19F2N3OS2/c28-27(29)34-19-13-11-18(12-14-19)31-25(33)24-23(30)22-20(16-7-3-1-4-8-16)15-21(32-26(22)35-24)17-9-5-2-6-10-17/h1-15,27H,30H2,(H,31,33). The Kier molecular flexibility index (Phi) is 6.48. The third-order valence-corrected chi connectivity index (χ3v) is 7.22. The van der Waals surface area contributed by atoms with Crippen LogP contribution in [0.2, 0.25) is 0 Å². The molecule has 0 bridgehead atoms. The highest BCUT2D eigenvalue weighted by atomic mass is 32.2. The molecule has 35 heavy (non-hydrogen) atoms. The highest BCUT2D eigenvalue weighted by molar-refractivity contribution is 7.99. The largest absolute Gasteiger partial charge is 0.397 e. The number of carbonyl (C=O) groups excluding carboxylic acids is 1. The van der Waals surface area contributed by atoms with E-state index in [0.29, 0.717) is 37.7 Å². The molecule has 4 nitrogen and oxygen atoms in total. The molecule has 0 aliphatic heterocycles. The lowest BCUT2D eigenvalue weighted by atomic mass is 9.99. The van der Waals surface area contributed by atoms with Crippen LogP contribution in [0.5, 0.6) is 0 Å². The van der Waals surface area contributed by atoms with E-state index in [2.05, 4.69) is 5.32 Å². The van der Waals surface area contributed by atoms with Crippen molar-refractivity contribution in [2.24, 2.45) is 0 Å². The van der Waals surface area contributed by atoms with Gasteiger partial charge in [0.1, 0.15) is 9.71 Å². The number of alkyl halides is 2. The monoisotopic (exact) mass is 503 g/mol. The van der Waals surface area contributed by atoms with E-state index >= 15 is 0 Å². The molecule has 5 aromatic rings. The number of benzene rings is 3. The summed E-state index contributed by atoms with van der Waals surface area (Å²) in [5.41, 5.74) is 11.0. The van der Waals surface area contributed by atoms with Gasteiger partial charge in [0.25, 0.3) is 11.7 Å². The van der Waals surface area contributed by atoms with Crippen LogP contribution in [-0.4, -0.2) is 16.6 Å². The minimum Gasteiger partial charge on any atom is -0.397 e. The van der Waals surface area contributed by atoms with Crippen molar-refractivity contribution in [3.05, 3.63) is 95.9 Å². The number of halogens is 2. The maximum Gasteiger partial charge on any atom is 0.288 e. The second-order valence-electron chi connectivity index (χ2n) is 7.67. The van der Waals surface area contributed by atoms with Crippen molar-refractivity contribution in [1.29, 1.82) is 0 Å². The van der Waals surface area contributed by atoms with Crippen LogP contribution in [0.1, 0.15) is 9.67 Å². The van der Waals surface area contributed by atoms with Crippen LogP contribution in [0.15, 0.2) is 95.9 Å². The lowest BCUT2D eigenvalue weighted by Crippen LogP contribution is -2.11. The van der Waals surface area contributed by atoms with Crippen LogP contribution >= 0.6 is 23.1 Å². The molecule has 0 atom stereocenters. The maximum atomic E-state index is 13.1. The molecule has 8 heteroatoms. The number of pyridine rings is 1. The SMILES string of the molecule is Nc1c(C(=O)Nc2ccc(SC(F)F)cc2)sc2nc(-c3ccccc3)cc(-c3ccccc3)c12. The summed E-state index contributed by atoms with van der Waals surface area (Å²) in [5, 5.41) is 3.54. The molecule has 0 unspecified atom stereocenters. The molecular weight excluding hydrogens is 484 g/mol. The van der Waals surface area contributed by atoms with Gasteiger partial charge in [-0.05, 0) is 41.5 Å². The maximum absolute atomic E-state index is 13.1. The van der Waals surface area contributed by atoms with Gasteiger partial charge in [-0.2, -0.15) is 8.78 Å². The number of carbonyl (C=O) groups is 1. The van der Waals surface area contributed by atoms with Crippen LogP contribution in [0.4, 0.5) is 20.2 Å². The predicted molar refractivity (Wildman–Crippen MR) is 141 cm³/mol. The molecule has 1 amide bonds. The van der Waals surface area contributed by atoms with Crippen LogP contribution in [0.25, 0.3) is 32.6 Å². The molecule has 0 spiro atoms. The number of hydrogen-bond donors (Lipinski definition) is 2. The molecule has 0 aliphatic rings. The summed E-state index contributed by atoms with van der Waals surface area (Å²) in [5.74, 6) is -2.87. The Labute approximate surface area is 208 Å². The fourth-order valence-corrected chi connectivity index (χ4v) is 5.31. The molecule has 0 radical (unpaired) electrons. The lowest BCUT2D eigenvalue weighted by molar-refractivity contribution is 0.103. The average molecular weight is 504 g/mol. The number of thiophene rings is 1. The Bertz CT molecular complexity index is 1490.